The van der Waals surface area contributed by atoms with Crippen LogP contribution in [0.2, 0.25) is 0 Å². The van der Waals surface area contributed by atoms with Crippen LogP contribution in [0.3, 0.4) is 0 Å². The molecule has 0 aliphatic carbocycles. The summed E-state index contributed by atoms with van der Waals surface area (Å²) in [5.74, 6) is -0.369. The van der Waals surface area contributed by atoms with Gasteiger partial charge in [0.05, 0.1) is 24.9 Å². The minimum absolute atomic E-state index is 0.0830. The lowest BCUT2D eigenvalue weighted by molar-refractivity contribution is -0.144. The Morgan fingerprint density at radius 3 is 2.68 bits per heavy atom. The highest BCUT2D eigenvalue weighted by Crippen LogP contribution is 1.99. The molecule has 0 unspecified atom stereocenters. The fourth-order valence-electron chi connectivity index (χ4n) is 1.61. The molecule has 7 nitrogen and oxygen atoms in total. The molecular weight excluding hydrogens is 248 g/mol. The number of rotatable bonds is 7. The summed E-state index contributed by atoms with van der Waals surface area (Å²) in [6, 6.07) is 0. The van der Waals surface area contributed by atoms with Crippen LogP contribution in [0.4, 0.5) is 0 Å². The summed E-state index contributed by atoms with van der Waals surface area (Å²) in [6.07, 6.45) is 1.81. The molecule has 1 amide bonds. The molecule has 0 bridgehead atoms. The largest absolute Gasteiger partial charge is 0.466 e. The van der Waals surface area contributed by atoms with E-state index >= 15 is 0 Å². The second-order valence-electron chi connectivity index (χ2n) is 4.06. The molecule has 106 valence electrons. The number of hydrogen-bond donors (Lipinski definition) is 0. The maximum absolute atomic E-state index is 12.0. The van der Waals surface area contributed by atoms with Gasteiger partial charge >= 0.3 is 5.97 Å². The number of amides is 1. The summed E-state index contributed by atoms with van der Waals surface area (Å²) in [5.41, 5.74) is 0.829. The van der Waals surface area contributed by atoms with Gasteiger partial charge in [-0.2, -0.15) is 0 Å². The molecule has 0 saturated heterocycles. The Bertz CT molecular complexity index is 430. The van der Waals surface area contributed by atoms with Crippen molar-refractivity contribution >= 4 is 11.9 Å². The number of carbonyl (C=O) groups is 2. The van der Waals surface area contributed by atoms with Gasteiger partial charge in [-0.15, -0.1) is 5.10 Å². The van der Waals surface area contributed by atoms with Crippen LogP contribution in [-0.2, 0) is 20.9 Å². The Balaban J connectivity index is 2.48. The topological polar surface area (TPSA) is 77.3 Å². The maximum atomic E-state index is 12.0. The van der Waals surface area contributed by atoms with E-state index in [1.54, 1.807) is 18.0 Å². The van der Waals surface area contributed by atoms with E-state index in [1.807, 2.05) is 13.8 Å². The average molecular weight is 268 g/mol. The molecule has 0 aliphatic rings. The number of carbonyl (C=O) groups excluding carboxylic acids is 2. The van der Waals surface area contributed by atoms with Crippen molar-refractivity contribution in [3.63, 3.8) is 0 Å². The van der Waals surface area contributed by atoms with Crippen molar-refractivity contribution in [3.05, 3.63) is 11.9 Å². The summed E-state index contributed by atoms with van der Waals surface area (Å²) in [7, 11) is 0. The normalized spacial score (nSPS) is 10.3. The summed E-state index contributed by atoms with van der Waals surface area (Å²) < 4.78 is 6.37. The maximum Gasteiger partial charge on any atom is 0.307 e. The zero-order valence-corrected chi connectivity index (χ0v) is 11.6. The Hall–Kier alpha value is -1.92. The van der Waals surface area contributed by atoms with Crippen LogP contribution in [0.1, 0.15) is 26.0 Å². The molecular formula is C12H20N4O3. The fraction of sp³-hybridized carbons (Fsp3) is 0.667. The summed E-state index contributed by atoms with van der Waals surface area (Å²) in [5, 5.41) is 7.55. The predicted octanol–water partition coefficient (Wildman–Crippen LogP) is 0.388. The monoisotopic (exact) mass is 268 g/mol. The molecule has 0 aromatic carbocycles. The van der Waals surface area contributed by atoms with Gasteiger partial charge in [-0.3, -0.25) is 9.59 Å². The lowest BCUT2D eigenvalue weighted by atomic mass is 10.3. The third kappa shape index (κ3) is 4.69. The van der Waals surface area contributed by atoms with Gasteiger partial charge in [-0.25, -0.2) is 4.68 Å². The minimum Gasteiger partial charge on any atom is -0.466 e. The van der Waals surface area contributed by atoms with E-state index in [9.17, 15) is 9.59 Å². The van der Waals surface area contributed by atoms with Gasteiger partial charge in [0, 0.05) is 13.1 Å². The zero-order valence-electron chi connectivity index (χ0n) is 11.6. The first-order chi connectivity index (χ1) is 9.08. The highest BCUT2D eigenvalue weighted by Gasteiger charge is 2.15. The second kappa shape index (κ2) is 7.50. The molecule has 1 heterocycles. The van der Waals surface area contributed by atoms with Gasteiger partial charge in [0.1, 0.15) is 6.54 Å². The van der Waals surface area contributed by atoms with Crippen molar-refractivity contribution in [2.24, 2.45) is 0 Å². The third-order valence-electron chi connectivity index (χ3n) is 2.72. The first-order valence-corrected chi connectivity index (χ1v) is 6.37. The molecule has 0 fully saturated rings. The Morgan fingerprint density at radius 1 is 1.42 bits per heavy atom. The highest BCUT2D eigenvalue weighted by atomic mass is 16.5. The SMILES string of the molecule is CCOC(=O)CCN(CC)C(=O)Cn1nncc1C. The summed E-state index contributed by atoms with van der Waals surface area (Å²) in [6.45, 7) is 6.88. The molecule has 1 aromatic rings. The van der Waals surface area contributed by atoms with Crippen molar-refractivity contribution in [2.45, 2.75) is 33.7 Å². The van der Waals surface area contributed by atoms with E-state index in [0.29, 0.717) is 19.7 Å². The summed E-state index contributed by atoms with van der Waals surface area (Å²) in [4.78, 5) is 24.9. The van der Waals surface area contributed by atoms with Crippen molar-refractivity contribution in [2.75, 3.05) is 19.7 Å². The smallest absolute Gasteiger partial charge is 0.307 e. The number of esters is 1. The van der Waals surface area contributed by atoms with Crippen LogP contribution in [0.5, 0.6) is 0 Å². The van der Waals surface area contributed by atoms with E-state index in [-0.39, 0.29) is 24.8 Å². The highest BCUT2D eigenvalue weighted by molar-refractivity contribution is 5.77. The standard InChI is InChI=1S/C12H20N4O3/c1-4-15(7-6-12(18)19-5-2)11(17)9-16-10(3)8-13-14-16/h8H,4-7,9H2,1-3H3. The molecule has 0 atom stereocenters. The van der Waals surface area contributed by atoms with E-state index in [2.05, 4.69) is 10.3 Å². The molecule has 0 aliphatic heterocycles. The lowest BCUT2D eigenvalue weighted by Gasteiger charge is -2.20. The van der Waals surface area contributed by atoms with E-state index in [0.717, 1.165) is 5.69 Å². The second-order valence-corrected chi connectivity index (χ2v) is 4.06. The van der Waals surface area contributed by atoms with Crippen LogP contribution in [0.15, 0.2) is 6.20 Å². The molecule has 0 saturated carbocycles. The van der Waals surface area contributed by atoms with E-state index in [1.165, 1.54) is 4.68 Å². The van der Waals surface area contributed by atoms with Gasteiger partial charge in [0.2, 0.25) is 5.91 Å². The molecule has 0 radical (unpaired) electrons. The fourth-order valence-corrected chi connectivity index (χ4v) is 1.61. The van der Waals surface area contributed by atoms with Gasteiger partial charge in [-0.1, -0.05) is 5.21 Å². The van der Waals surface area contributed by atoms with Crippen LogP contribution < -0.4 is 0 Å². The van der Waals surface area contributed by atoms with Crippen molar-refractivity contribution < 1.29 is 14.3 Å². The third-order valence-corrected chi connectivity index (χ3v) is 2.72. The van der Waals surface area contributed by atoms with Gasteiger partial charge in [0.25, 0.3) is 0 Å². The predicted molar refractivity (Wildman–Crippen MR) is 68.3 cm³/mol. The molecule has 0 N–H and O–H groups in total. The number of aryl methyl sites for hydroxylation is 1. The van der Waals surface area contributed by atoms with Gasteiger partial charge in [0.15, 0.2) is 0 Å². The Labute approximate surface area is 112 Å². The number of ether oxygens (including phenoxy) is 1. The lowest BCUT2D eigenvalue weighted by Crippen LogP contribution is -2.36. The minimum atomic E-state index is -0.286. The number of aromatic nitrogens is 3. The van der Waals surface area contributed by atoms with Crippen LogP contribution >= 0.6 is 0 Å². The molecule has 1 aromatic heterocycles. The quantitative estimate of drug-likeness (QED) is 0.668. The number of hydrogen-bond acceptors (Lipinski definition) is 5. The molecule has 7 heteroatoms. The van der Waals surface area contributed by atoms with Crippen molar-refractivity contribution in [3.8, 4) is 0 Å². The van der Waals surface area contributed by atoms with Gasteiger partial charge < -0.3 is 9.64 Å². The summed E-state index contributed by atoms with van der Waals surface area (Å²) >= 11 is 0. The first kappa shape index (κ1) is 15.1. The van der Waals surface area contributed by atoms with Gasteiger partial charge in [-0.05, 0) is 20.8 Å². The average Bonchev–Trinajstić information content (AvgIpc) is 2.76. The molecule has 0 spiro atoms. The first-order valence-electron chi connectivity index (χ1n) is 6.37. The van der Waals surface area contributed by atoms with Crippen LogP contribution in [0, 0.1) is 6.92 Å². The van der Waals surface area contributed by atoms with Crippen LogP contribution in [0.25, 0.3) is 0 Å². The number of nitrogens with zero attached hydrogens (tertiary/aromatic N) is 4. The van der Waals surface area contributed by atoms with Crippen molar-refractivity contribution in [1.82, 2.24) is 19.9 Å². The zero-order chi connectivity index (χ0) is 14.3. The van der Waals surface area contributed by atoms with E-state index in [4.69, 9.17) is 4.74 Å². The molecule has 19 heavy (non-hydrogen) atoms. The van der Waals surface area contributed by atoms with Crippen molar-refractivity contribution in [1.29, 1.82) is 0 Å². The van der Waals surface area contributed by atoms with E-state index < -0.39 is 0 Å². The molecule has 1 rings (SSSR count). The Kier molecular flexibility index (Phi) is 5.98. The number of likely N-dealkylation sites (N-methyl/N-ethyl adjacent to an activating group) is 1. The van der Waals surface area contributed by atoms with Crippen LogP contribution in [-0.4, -0.2) is 51.5 Å². The Morgan fingerprint density at radius 2 is 2.16 bits per heavy atom.